The fourth-order valence-electron chi connectivity index (χ4n) is 3.62. The fraction of sp³-hybridized carbons (Fsp3) is 0.240. The van der Waals surface area contributed by atoms with Crippen molar-refractivity contribution in [3.05, 3.63) is 106 Å². The van der Waals surface area contributed by atoms with E-state index in [9.17, 15) is 23.3 Å². The molecule has 0 spiro atoms. The van der Waals surface area contributed by atoms with Crippen molar-refractivity contribution in [3.8, 4) is 0 Å². The highest BCUT2D eigenvalue weighted by molar-refractivity contribution is 7.91. The molecule has 0 saturated heterocycles. The number of nitro benzene ring substituents is 1. The molecule has 33 heavy (non-hydrogen) atoms. The number of nitro groups is 1. The normalized spacial score (nSPS) is 12.2. The summed E-state index contributed by atoms with van der Waals surface area (Å²) in [5.74, 6) is -1.19. The third-order valence-corrected chi connectivity index (χ3v) is 7.27. The minimum atomic E-state index is -3.64. The Morgan fingerprint density at radius 2 is 1.61 bits per heavy atom. The van der Waals surface area contributed by atoms with Crippen LogP contribution < -0.4 is 0 Å². The molecule has 1 unspecified atom stereocenters. The summed E-state index contributed by atoms with van der Waals surface area (Å²) < 4.78 is 30.9. The fourth-order valence-corrected chi connectivity index (χ4v) is 5.20. The summed E-state index contributed by atoms with van der Waals surface area (Å²) in [6.07, 6.45) is 1.19. The maximum atomic E-state index is 13.1. The molecule has 3 aromatic rings. The first kappa shape index (κ1) is 24.1. The van der Waals surface area contributed by atoms with Gasteiger partial charge in [-0.1, -0.05) is 54.6 Å². The Bertz CT molecular complexity index is 1210. The topological polar surface area (TPSA) is 104 Å². The number of nitrogens with zero attached hydrogens (tertiary/aromatic N) is 1. The molecule has 0 heterocycles. The van der Waals surface area contributed by atoms with Crippen LogP contribution in [-0.2, 0) is 32.2 Å². The smallest absolute Gasteiger partial charge is 0.306 e. The zero-order chi connectivity index (χ0) is 23.8. The largest absolute Gasteiger partial charge is 0.469 e. The molecule has 3 rings (SSSR count). The van der Waals surface area contributed by atoms with Gasteiger partial charge in [-0.05, 0) is 41.7 Å². The lowest BCUT2D eigenvalue weighted by atomic mass is 9.98. The number of hydrogen-bond donors (Lipinski definition) is 0. The lowest BCUT2D eigenvalue weighted by Crippen LogP contribution is -2.19. The van der Waals surface area contributed by atoms with Gasteiger partial charge < -0.3 is 4.74 Å². The molecule has 8 heteroatoms. The Kier molecular flexibility index (Phi) is 7.95. The molecule has 0 fully saturated rings. The molecular formula is C25H25NO6S. The quantitative estimate of drug-likeness (QED) is 0.247. The van der Waals surface area contributed by atoms with Crippen LogP contribution in [0.1, 0.15) is 29.0 Å². The Morgan fingerprint density at radius 1 is 0.939 bits per heavy atom. The maximum absolute atomic E-state index is 13.1. The van der Waals surface area contributed by atoms with Crippen LogP contribution in [0.5, 0.6) is 0 Å². The molecule has 0 aliphatic carbocycles. The molecular weight excluding hydrogens is 442 g/mol. The Labute approximate surface area is 193 Å². The number of hydrogen-bond acceptors (Lipinski definition) is 6. The van der Waals surface area contributed by atoms with Crippen molar-refractivity contribution in [2.45, 2.75) is 30.1 Å². The van der Waals surface area contributed by atoms with Gasteiger partial charge in [-0.2, -0.15) is 0 Å². The number of aryl methyl sites for hydroxylation is 2. The number of rotatable bonds is 10. The monoisotopic (exact) mass is 467 g/mol. The van der Waals surface area contributed by atoms with Gasteiger partial charge in [0.1, 0.15) is 0 Å². The lowest BCUT2D eigenvalue weighted by Gasteiger charge is -2.17. The van der Waals surface area contributed by atoms with E-state index in [1.807, 2.05) is 24.3 Å². The van der Waals surface area contributed by atoms with E-state index < -0.39 is 26.6 Å². The highest BCUT2D eigenvalue weighted by Gasteiger charge is 2.25. The maximum Gasteiger partial charge on any atom is 0.306 e. The summed E-state index contributed by atoms with van der Waals surface area (Å²) in [5.41, 5.74) is 2.58. The summed E-state index contributed by atoms with van der Waals surface area (Å²) in [6, 6.07) is 22.2. The number of carbonyl (C=O) groups excluding carboxylic acids is 1. The standard InChI is InChI=1S/C25H25NO6S/c1-32-25(27)17-22(21-7-3-2-4-8-21)18-33(30,31)24-14-12-19(13-15-24)10-11-20-6-5-9-23(16-20)26(28)29/h2-9,12-16,22H,10-11,17-18H2,1H3. The van der Waals surface area contributed by atoms with E-state index in [2.05, 4.69) is 0 Å². The predicted octanol–water partition coefficient (Wildman–Crippen LogP) is 4.50. The number of ether oxygens (including phenoxy) is 1. The van der Waals surface area contributed by atoms with Gasteiger partial charge in [-0.3, -0.25) is 14.9 Å². The summed E-state index contributed by atoms with van der Waals surface area (Å²) in [6.45, 7) is 0. The Balaban J connectivity index is 1.71. The molecule has 172 valence electrons. The van der Waals surface area contributed by atoms with Gasteiger partial charge in [-0.15, -0.1) is 0 Å². The summed E-state index contributed by atoms with van der Waals surface area (Å²) in [4.78, 5) is 22.5. The van der Waals surface area contributed by atoms with Crippen molar-refractivity contribution in [2.24, 2.45) is 0 Å². The van der Waals surface area contributed by atoms with Crippen molar-refractivity contribution in [2.75, 3.05) is 12.9 Å². The van der Waals surface area contributed by atoms with Crippen LogP contribution in [-0.4, -0.2) is 32.2 Å². The van der Waals surface area contributed by atoms with Crippen LogP contribution in [0.15, 0.2) is 83.8 Å². The van der Waals surface area contributed by atoms with Crippen molar-refractivity contribution < 1.29 is 22.9 Å². The molecule has 3 aromatic carbocycles. The number of non-ortho nitro benzene ring substituents is 1. The molecule has 0 aliphatic rings. The van der Waals surface area contributed by atoms with Crippen molar-refractivity contribution in [3.63, 3.8) is 0 Å². The van der Waals surface area contributed by atoms with Crippen LogP contribution >= 0.6 is 0 Å². The number of carbonyl (C=O) groups is 1. The predicted molar refractivity (Wildman–Crippen MR) is 125 cm³/mol. The van der Waals surface area contributed by atoms with Crippen molar-refractivity contribution in [1.29, 1.82) is 0 Å². The van der Waals surface area contributed by atoms with E-state index >= 15 is 0 Å². The lowest BCUT2D eigenvalue weighted by molar-refractivity contribution is -0.384. The first-order valence-electron chi connectivity index (χ1n) is 10.5. The Hall–Kier alpha value is -3.52. The van der Waals surface area contributed by atoms with Gasteiger partial charge in [-0.25, -0.2) is 8.42 Å². The average Bonchev–Trinajstić information content (AvgIpc) is 2.83. The van der Waals surface area contributed by atoms with E-state index in [0.29, 0.717) is 12.8 Å². The first-order valence-corrected chi connectivity index (χ1v) is 12.1. The zero-order valence-corrected chi connectivity index (χ0v) is 19.0. The summed E-state index contributed by atoms with van der Waals surface area (Å²) in [7, 11) is -2.36. The second-order valence-corrected chi connectivity index (χ2v) is 9.77. The van der Waals surface area contributed by atoms with Crippen LogP contribution in [0, 0.1) is 10.1 Å². The van der Waals surface area contributed by atoms with E-state index in [1.54, 1.807) is 48.5 Å². The SMILES string of the molecule is COC(=O)CC(CS(=O)(=O)c1ccc(CCc2cccc([N+](=O)[O-])c2)cc1)c1ccccc1. The van der Waals surface area contributed by atoms with E-state index in [0.717, 1.165) is 16.7 Å². The van der Waals surface area contributed by atoms with Gasteiger partial charge in [0, 0.05) is 18.1 Å². The van der Waals surface area contributed by atoms with Crippen LogP contribution in [0.25, 0.3) is 0 Å². The first-order chi connectivity index (χ1) is 15.8. The molecule has 0 radical (unpaired) electrons. The number of sulfone groups is 1. The van der Waals surface area contributed by atoms with E-state index in [4.69, 9.17) is 4.74 Å². The zero-order valence-electron chi connectivity index (χ0n) is 18.2. The van der Waals surface area contributed by atoms with Crippen LogP contribution in [0.2, 0.25) is 0 Å². The molecule has 0 aliphatic heterocycles. The minimum absolute atomic E-state index is 0.0267. The molecule has 0 amide bonds. The molecule has 1 atom stereocenters. The van der Waals surface area contributed by atoms with Gasteiger partial charge in [0.25, 0.3) is 5.69 Å². The Morgan fingerprint density at radius 3 is 2.24 bits per heavy atom. The van der Waals surface area contributed by atoms with E-state index in [-0.39, 0.29) is 22.8 Å². The number of methoxy groups -OCH3 is 1. The third kappa shape index (κ3) is 6.73. The van der Waals surface area contributed by atoms with Gasteiger partial charge in [0.2, 0.25) is 0 Å². The second-order valence-electron chi connectivity index (χ2n) is 7.74. The summed E-state index contributed by atoms with van der Waals surface area (Å²) in [5, 5.41) is 10.9. The van der Waals surface area contributed by atoms with Crippen LogP contribution in [0.4, 0.5) is 5.69 Å². The number of benzene rings is 3. The van der Waals surface area contributed by atoms with Crippen LogP contribution in [0.3, 0.4) is 0 Å². The molecule has 0 N–H and O–H groups in total. The van der Waals surface area contributed by atoms with Crippen molar-refractivity contribution >= 4 is 21.5 Å². The van der Waals surface area contributed by atoms with Crippen molar-refractivity contribution in [1.82, 2.24) is 0 Å². The molecule has 0 saturated carbocycles. The van der Waals surface area contributed by atoms with Gasteiger partial charge in [0.05, 0.1) is 29.1 Å². The molecule has 7 nitrogen and oxygen atoms in total. The molecule has 0 bridgehead atoms. The van der Waals surface area contributed by atoms with E-state index in [1.165, 1.54) is 13.2 Å². The molecule has 0 aromatic heterocycles. The highest BCUT2D eigenvalue weighted by atomic mass is 32.2. The number of esters is 1. The third-order valence-electron chi connectivity index (χ3n) is 5.44. The average molecular weight is 468 g/mol. The van der Waals surface area contributed by atoms with Gasteiger partial charge >= 0.3 is 5.97 Å². The summed E-state index contributed by atoms with van der Waals surface area (Å²) >= 11 is 0. The minimum Gasteiger partial charge on any atom is -0.469 e. The highest BCUT2D eigenvalue weighted by Crippen LogP contribution is 2.26. The van der Waals surface area contributed by atoms with Gasteiger partial charge in [0.15, 0.2) is 9.84 Å². The second kappa shape index (κ2) is 10.9.